The second kappa shape index (κ2) is 8.11. The molecule has 0 spiro atoms. The minimum absolute atomic E-state index is 0.0427. The minimum atomic E-state index is -3.91. The zero-order chi connectivity index (χ0) is 23.1. The highest BCUT2D eigenvalue weighted by Crippen LogP contribution is 2.19. The zero-order valence-electron chi connectivity index (χ0n) is 17.0. The van der Waals surface area contributed by atoms with Crippen molar-refractivity contribution in [3.63, 3.8) is 0 Å². The van der Waals surface area contributed by atoms with Crippen molar-refractivity contribution in [3.8, 4) is 0 Å². The number of aryl methyl sites for hydroxylation is 1. The van der Waals surface area contributed by atoms with Gasteiger partial charge in [0.25, 0.3) is 11.5 Å². The second-order valence-corrected chi connectivity index (χ2v) is 11.5. The predicted molar refractivity (Wildman–Crippen MR) is 119 cm³/mol. The van der Waals surface area contributed by atoms with Crippen LogP contribution in [0.2, 0.25) is 0 Å². The number of hydrogen-bond donors (Lipinski definition) is 2. The summed E-state index contributed by atoms with van der Waals surface area (Å²) in [6.07, 6.45) is 0.232. The molecule has 4 rings (SSSR count). The maximum atomic E-state index is 12.8. The first-order valence-electron chi connectivity index (χ1n) is 9.66. The molecule has 1 fully saturated rings. The predicted octanol–water partition coefficient (Wildman–Crippen LogP) is 0.651. The molecule has 0 bridgehead atoms. The Kier molecular flexibility index (Phi) is 5.61. The summed E-state index contributed by atoms with van der Waals surface area (Å²) in [6, 6.07) is 11.4. The van der Waals surface area contributed by atoms with Crippen molar-refractivity contribution >= 4 is 42.2 Å². The van der Waals surface area contributed by atoms with E-state index >= 15 is 0 Å². The molecule has 1 atom stereocenters. The number of carbonyl (C=O) groups is 1. The molecule has 0 radical (unpaired) electrons. The van der Waals surface area contributed by atoms with Gasteiger partial charge in [-0.2, -0.15) is 5.10 Å². The van der Waals surface area contributed by atoms with Gasteiger partial charge in [-0.25, -0.2) is 26.2 Å². The highest BCUT2D eigenvalue weighted by atomic mass is 32.2. The molecule has 10 nitrogen and oxygen atoms in total. The van der Waals surface area contributed by atoms with Gasteiger partial charge in [0.05, 0.1) is 21.8 Å². The molecule has 1 aromatic heterocycles. The summed E-state index contributed by atoms with van der Waals surface area (Å²) in [5.41, 5.74) is 0.0647. The van der Waals surface area contributed by atoms with E-state index in [2.05, 4.69) is 15.1 Å². The first-order valence-corrected chi connectivity index (χ1v) is 13.0. The Morgan fingerprint density at radius 1 is 1.09 bits per heavy atom. The quantitative estimate of drug-likeness (QED) is 0.550. The Balaban J connectivity index is 1.53. The molecule has 1 aliphatic rings. The third kappa shape index (κ3) is 4.42. The number of carbonyl (C=O) groups excluding carboxylic acids is 1. The number of fused-ring (bicyclic) bond motifs is 1. The van der Waals surface area contributed by atoms with Crippen LogP contribution in [0.25, 0.3) is 10.8 Å². The van der Waals surface area contributed by atoms with Crippen LogP contribution in [0, 0.1) is 0 Å². The van der Waals surface area contributed by atoms with E-state index < -0.39 is 31.8 Å². The van der Waals surface area contributed by atoms with Crippen molar-refractivity contribution < 1.29 is 21.6 Å². The average molecular weight is 477 g/mol. The van der Waals surface area contributed by atoms with Crippen LogP contribution in [-0.2, 0) is 26.9 Å². The topological polar surface area (TPSA) is 144 Å². The molecular weight excluding hydrogens is 456 g/mol. The molecule has 2 N–H and O–H groups in total. The number of nitrogens with zero attached hydrogens (tertiary/aromatic N) is 2. The van der Waals surface area contributed by atoms with Gasteiger partial charge in [0.2, 0.25) is 10.0 Å². The van der Waals surface area contributed by atoms with Crippen LogP contribution in [0.4, 0.5) is 5.69 Å². The molecule has 1 aliphatic heterocycles. The third-order valence-corrected chi connectivity index (χ3v) is 8.45. The van der Waals surface area contributed by atoms with E-state index in [-0.39, 0.29) is 34.1 Å². The van der Waals surface area contributed by atoms with Crippen molar-refractivity contribution in [2.24, 2.45) is 7.05 Å². The Labute approximate surface area is 184 Å². The third-order valence-electron chi connectivity index (χ3n) is 5.15. The van der Waals surface area contributed by atoms with Gasteiger partial charge >= 0.3 is 0 Å². The lowest BCUT2D eigenvalue weighted by Gasteiger charge is -2.12. The normalized spacial score (nSPS) is 18.0. The Morgan fingerprint density at radius 3 is 2.38 bits per heavy atom. The molecule has 1 saturated heterocycles. The van der Waals surface area contributed by atoms with Gasteiger partial charge in [-0.1, -0.05) is 18.2 Å². The number of benzene rings is 2. The lowest BCUT2D eigenvalue weighted by Crippen LogP contribution is -2.35. The van der Waals surface area contributed by atoms with Crippen LogP contribution in [0.3, 0.4) is 0 Å². The van der Waals surface area contributed by atoms with Crippen molar-refractivity contribution in [2.45, 2.75) is 17.4 Å². The summed E-state index contributed by atoms with van der Waals surface area (Å²) in [5, 5.41) is 7.47. The van der Waals surface area contributed by atoms with Crippen molar-refractivity contribution in [3.05, 3.63) is 64.6 Å². The van der Waals surface area contributed by atoms with E-state index in [1.807, 2.05) is 0 Å². The van der Waals surface area contributed by atoms with Gasteiger partial charge in [0.1, 0.15) is 0 Å². The minimum Gasteiger partial charge on any atom is -0.321 e. The van der Waals surface area contributed by atoms with E-state index in [4.69, 9.17) is 0 Å². The average Bonchev–Trinajstić information content (AvgIpc) is 3.08. The second-order valence-electron chi connectivity index (χ2n) is 7.52. The lowest BCUT2D eigenvalue weighted by atomic mass is 10.1. The van der Waals surface area contributed by atoms with Crippen molar-refractivity contribution in [1.29, 1.82) is 0 Å². The largest absolute Gasteiger partial charge is 0.321 e. The number of amides is 1. The van der Waals surface area contributed by atoms with E-state index in [0.29, 0.717) is 16.5 Å². The van der Waals surface area contributed by atoms with E-state index in [1.54, 1.807) is 24.3 Å². The van der Waals surface area contributed by atoms with Crippen LogP contribution >= 0.6 is 0 Å². The van der Waals surface area contributed by atoms with E-state index in [9.17, 15) is 26.4 Å². The Hall–Kier alpha value is -3.09. The van der Waals surface area contributed by atoms with Crippen LogP contribution in [-0.4, -0.2) is 50.1 Å². The van der Waals surface area contributed by atoms with E-state index in [0.717, 1.165) is 4.68 Å². The highest BCUT2D eigenvalue weighted by molar-refractivity contribution is 7.92. The zero-order valence-corrected chi connectivity index (χ0v) is 18.6. The first-order chi connectivity index (χ1) is 15.1. The molecule has 0 aliphatic carbocycles. The summed E-state index contributed by atoms with van der Waals surface area (Å²) in [7, 11) is -5.68. The molecule has 2 aromatic carbocycles. The number of sulfonamides is 1. The molecule has 32 heavy (non-hydrogen) atoms. The molecule has 12 heteroatoms. The summed E-state index contributed by atoms with van der Waals surface area (Å²) in [6.45, 7) is 0. The van der Waals surface area contributed by atoms with Crippen molar-refractivity contribution in [2.75, 3.05) is 16.8 Å². The number of hydrogen-bond acceptors (Lipinski definition) is 7. The van der Waals surface area contributed by atoms with Gasteiger partial charge in [-0.05, 0) is 36.8 Å². The number of anilines is 1. The monoisotopic (exact) mass is 476 g/mol. The first kappa shape index (κ1) is 22.1. The van der Waals surface area contributed by atoms with Gasteiger partial charge in [0.15, 0.2) is 15.5 Å². The summed E-state index contributed by atoms with van der Waals surface area (Å²) < 4.78 is 51.7. The maximum Gasteiger partial charge on any atom is 0.276 e. The van der Waals surface area contributed by atoms with Gasteiger partial charge in [-0.3, -0.25) is 9.59 Å². The summed E-state index contributed by atoms with van der Waals surface area (Å²) in [4.78, 5) is 25.0. The fourth-order valence-corrected chi connectivity index (χ4v) is 6.60. The fourth-order valence-electron chi connectivity index (χ4n) is 3.55. The molecule has 168 valence electrons. The smallest absolute Gasteiger partial charge is 0.276 e. The maximum absolute atomic E-state index is 12.8. The Morgan fingerprint density at radius 2 is 1.75 bits per heavy atom. The van der Waals surface area contributed by atoms with Crippen molar-refractivity contribution in [1.82, 2.24) is 14.5 Å². The molecule has 0 unspecified atom stereocenters. The number of nitrogens with one attached hydrogen (secondary N) is 2. The number of rotatable bonds is 5. The molecule has 1 amide bonds. The Bertz CT molecular complexity index is 1480. The SMILES string of the molecule is Cn1nc(C(=O)Nc2ccc(S(=O)(=O)N[C@@H]3CCS(=O)(=O)C3)cc2)c2ccccc2c1=O. The molecular formula is C20H20N4O6S2. The summed E-state index contributed by atoms with van der Waals surface area (Å²) >= 11 is 0. The molecule has 0 saturated carbocycles. The van der Waals surface area contributed by atoms with E-state index in [1.165, 1.54) is 31.3 Å². The number of sulfone groups is 1. The fraction of sp³-hybridized carbons (Fsp3) is 0.250. The van der Waals surface area contributed by atoms with Gasteiger partial charge < -0.3 is 5.32 Å². The van der Waals surface area contributed by atoms with Gasteiger partial charge in [0, 0.05) is 24.2 Å². The van der Waals surface area contributed by atoms with Crippen LogP contribution in [0.1, 0.15) is 16.9 Å². The van der Waals surface area contributed by atoms with Crippen LogP contribution in [0.15, 0.2) is 58.2 Å². The van der Waals surface area contributed by atoms with Gasteiger partial charge in [-0.15, -0.1) is 0 Å². The standard InChI is InChI=1S/C20H20N4O6S2/c1-24-20(26)17-5-3-2-4-16(17)18(22-24)19(25)21-13-6-8-15(9-7-13)32(29,30)23-14-10-11-31(27,28)12-14/h2-9,14,23H,10-12H2,1H3,(H,21,25)/t14-/m1/s1. The highest BCUT2D eigenvalue weighted by Gasteiger charge is 2.31. The molecule has 2 heterocycles. The van der Waals surface area contributed by atoms with Crippen LogP contribution < -0.4 is 15.6 Å². The lowest BCUT2D eigenvalue weighted by molar-refractivity contribution is 0.102. The molecule has 3 aromatic rings. The van der Waals surface area contributed by atoms with Crippen LogP contribution in [0.5, 0.6) is 0 Å². The summed E-state index contributed by atoms with van der Waals surface area (Å²) in [5.74, 6) is -0.818. The number of aromatic nitrogens is 2.